The first-order valence-electron chi connectivity index (χ1n) is 16.1. The van der Waals surface area contributed by atoms with E-state index in [1.54, 1.807) is 0 Å². The van der Waals surface area contributed by atoms with Gasteiger partial charge in [0.1, 0.15) is 0 Å². The van der Waals surface area contributed by atoms with Gasteiger partial charge in [0.2, 0.25) is 0 Å². The number of hydrogen-bond acceptors (Lipinski definition) is 3. The topological polar surface area (TPSA) is 35.5 Å². The minimum atomic E-state index is -0.201. The molecule has 4 fully saturated rings. The fraction of sp³-hybridized carbons (Fsp3) is 0.667. The molecule has 0 spiro atoms. The van der Waals surface area contributed by atoms with Crippen LogP contribution in [0.25, 0.3) is 0 Å². The van der Waals surface area contributed by atoms with Crippen molar-refractivity contribution in [2.75, 3.05) is 13.6 Å². The monoisotopic (exact) mass is 528 g/mol. The number of aliphatic hydroxyl groups excluding tert-OH is 1. The van der Waals surface area contributed by atoms with Crippen LogP contribution in [0.15, 0.2) is 60.7 Å². The second-order valence-electron chi connectivity index (χ2n) is 14.3. The van der Waals surface area contributed by atoms with E-state index in [1.807, 2.05) is 0 Å². The lowest BCUT2D eigenvalue weighted by molar-refractivity contribution is -0.131. The van der Waals surface area contributed by atoms with Crippen molar-refractivity contribution in [2.24, 2.45) is 40.4 Å². The molecule has 0 unspecified atom stereocenters. The third-order valence-corrected chi connectivity index (χ3v) is 12.5. The minimum absolute atomic E-state index is 0.201. The van der Waals surface area contributed by atoms with Crippen LogP contribution in [0.3, 0.4) is 0 Å². The van der Waals surface area contributed by atoms with Crippen molar-refractivity contribution in [3.8, 4) is 0 Å². The SMILES string of the molecule is C[C@@H](O)[C@H]1CC[C@H]2[C@@H]3CC[C@H]4C[C@@H](N(C)Cc5ccccc5)CC[C@]4(C)[C@H]3CC[C@]12CNCc1ccccc1. The van der Waals surface area contributed by atoms with Gasteiger partial charge in [0.05, 0.1) is 6.10 Å². The van der Waals surface area contributed by atoms with Crippen molar-refractivity contribution in [3.63, 3.8) is 0 Å². The maximum atomic E-state index is 11.0. The zero-order valence-electron chi connectivity index (χ0n) is 24.7. The van der Waals surface area contributed by atoms with Crippen molar-refractivity contribution in [2.45, 2.75) is 96.9 Å². The Hall–Kier alpha value is -1.68. The standard InChI is InChI=1S/C36H52N2O/c1-26(39)32-16-17-34-31-15-14-29-22-30(38(3)24-28-12-8-5-9-13-28)18-20-35(29,2)33(31)19-21-36(32,34)25-37-23-27-10-6-4-7-11-27/h4-13,26,29-34,37,39H,14-25H2,1-3H3/t26-,29+,30+,31-,32-,33+,34+,35+,36+/m1/s1. The number of aliphatic hydroxyl groups is 1. The molecule has 0 bridgehead atoms. The molecule has 2 aromatic rings. The van der Waals surface area contributed by atoms with Crippen LogP contribution in [-0.2, 0) is 13.1 Å². The Balaban J connectivity index is 1.15. The van der Waals surface area contributed by atoms with E-state index in [0.717, 1.165) is 49.3 Å². The summed E-state index contributed by atoms with van der Waals surface area (Å²) in [7, 11) is 2.36. The molecule has 4 saturated carbocycles. The fourth-order valence-corrected chi connectivity index (χ4v) is 10.6. The van der Waals surface area contributed by atoms with Crippen molar-refractivity contribution in [1.82, 2.24) is 10.2 Å². The van der Waals surface area contributed by atoms with Gasteiger partial charge in [0.25, 0.3) is 0 Å². The summed E-state index contributed by atoms with van der Waals surface area (Å²) in [6.07, 6.45) is 12.0. The van der Waals surface area contributed by atoms with Gasteiger partial charge in [-0.1, -0.05) is 67.6 Å². The Bertz CT molecular complexity index is 1070. The average Bonchev–Trinajstić information content (AvgIpc) is 3.34. The van der Waals surface area contributed by atoms with Gasteiger partial charge in [0, 0.05) is 25.7 Å². The van der Waals surface area contributed by atoms with Gasteiger partial charge in [0.15, 0.2) is 0 Å². The molecule has 0 radical (unpaired) electrons. The summed E-state index contributed by atoms with van der Waals surface area (Å²) in [5.74, 6) is 3.81. The maximum absolute atomic E-state index is 11.0. The smallest absolute Gasteiger partial charge is 0.0546 e. The van der Waals surface area contributed by atoms with Crippen LogP contribution in [0.5, 0.6) is 0 Å². The van der Waals surface area contributed by atoms with Crippen LogP contribution in [0.1, 0.15) is 82.8 Å². The molecule has 0 aliphatic heterocycles. The van der Waals surface area contributed by atoms with Crippen LogP contribution < -0.4 is 5.32 Å². The Kier molecular flexibility index (Phi) is 7.96. The van der Waals surface area contributed by atoms with E-state index in [1.165, 1.54) is 68.9 Å². The molecule has 39 heavy (non-hydrogen) atoms. The van der Waals surface area contributed by atoms with Crippen molar-refractivity contribution in [3.05, 3.63) is 71.8 Å². The van der Waals surface area contributed by atoms with Gasteiger partial charge in [-0.3, -0.25) is 4.90 Å². The van der Waals surface area contributed by atoms with E-state index in [4.69, 9.17) is 0 Å². The molecular weight excluding hydrogens is 476 g/mol. The quantitative estimate of drug-likeness (QED) is 0.377. The van der Waals surface area contributed by atoms with Gasteiger partial charge in [-0.2, -0.15) is 0 Å². The van der Waals surface area contributed by atoms with Crippen molar-refractivity contribution >= 4 is 0 Å². The Labute approximate surface area is 237 Å². The average molecular weight is 529 g/mol. The highest BCUT2D eigenvalue weighted by Crippen LogP contribution is 2.68. The molecule has 4 aliphatic rings. The summed E-state index contributed by atoms with van der Waals surface area (Å²) < 4.78 is 0. The number of fused-ring (bicyclic) bond motifs is 5. The number of nitrogens with one attached hydrogen (secondary N) is 1. The largest absolute Gasteiger partial charge is 0.393 e. The number of rotatable bonds is 8. The Morgan fingerprint density at radius 3 is 2.31 bits per heavy atom. The number of nitrogens with zero attached hydrogens (tertiary/aromatic N) is 1. The lowest BCUT2D eigenvalue weighted by atomic mass is 9.44. The molecule has 0 saturated heterocycles. The molecule has 0 amide bonds. The first-order chi connectivity index (χ1) is 18.9. The highest BCUT2D eigenvalue weighted by molar-refractivity contribution is 5.17. The summed E-state index contributed by atoms with van der Waals surface area (Å²) in [6.45, 7) is 7.85. The van der Waals surface area contributed by atoms with Gasteiger partial charge in [-0.05, 0) is 123 Å². The van der Waals surface area contributed by atoms with E-state index < -0.39 is 0 Å². The second kappa shape index (κ2) is 11.3. The van der Waals surface area contributed by atoms with E-state index in [-0.39, 0.29) is 11.5 Å². The summed E-state index contributed by atoms with van der Waals surface area (Å²) in [5.41, 5.74) is 3.57. The summed E-state index contributed by atoms with van der Waals surface area (Å²) in [6, 6.07) is 22.6. The fourth-order valence-electron chi connectivity index (χ4n) is 10.6. The summed E-state index contributed by atoms with van der Waals surface area (Å²) in [5, 5.41) is 14.9. The zero-order chi connectivity index (χ0) is 27.0. The van der Waals surface area contributed by atoms with E-state index >= 15 is 0 Å². The normalized spacial score (nSPS) is 38.6. The van der Waals surface area contributed by atoms with Crippen LogP contribution in [0.4, 0.5) is 0 Å². The number of hydrogen-bond donors (Lipinski definition) is 2. The third-order valence-electron chi connectivity index (χ3n) is 12.5. The van der Waals surface area contributed by atoms with Gasteiger partial charge in [-0.25, -0.2) is 0 Å². The maximum Gasteiger partial charge on any atom is 0.0546 e. The number of benzene rings is 2. The van der Waals surface area contributed by atoms with Gasteiger partial charge >= 0.3 is 0 Å². The van der Waals surface area contributed by atoms with E-state index in [0.29, 0.717) is 11.3 Å². The van der Waals surface area contributed by atoms with Gasteiger partial charge in [-0.15, -0.1) is 0 Å². The molecule has 3 nitrogen and oxygen atoms in total. The molecule has 2 N–H and O–H groups in total. The lowest BCUT2D eigenvalue weighted by Gasteiger charge is -2.62. The highest BCUT2D eigenvalue weighted by atomic mass is 16.3. The van der Waals surface area contributed by atoms with Crippen molar-refractivity contribution < 1.29 is 5.11 Å². The summed E-state index contributed by atoms with van der Waals surface area (Å²) >= 11 is 0. The molecule has 9 atom stereocenters. The van der Waals surface area contributed by atoms with Crippen molar-refractivity contribution in [1.29, 1.82) is 0 Å². The molecule has 3 heteroatoms. The van der Waals surface area contributed by atoms with Crippen LogP contribution in [0, 0.1) is 40.4 Å². The first-order valence-corrected chi connectivity index (χ1v) is 16.1. The molecule has 0 aromatic heterocycles. The van der Waals surface area contributed by atoms with E-state index in [2.05, 4.69) is 91.8 Å². The van der Waals surface area contributed by atoms with Crippen LogP contribution in [-0.4, -0.2) is 35.7 Å². The highest BCUT2D eigenvalue weighted by Gasteiger charge is 2.62. The lowest BCUT2D eigenvalue weighted by Crippen LogP contribution is -2.57. The molecule has 2 aromatic carbocycles. The van der Waals surface area contributed by atoms with Crippen LogP contribution in [0.2, 0.25) is 0 Å². The van der Waals surface area contributed by atoms with Gasteiger partial charge < -0.3 is 10.4 Å². The van der Waals surface area contributed by atoms with Crippen LogP contribution >= 0.6 is 0 Å². The Morgan fingerprint density at radius 1 is 0.872 bits per heavy atom. The summed E-state index contributed by atoms with van der Waals surface area (Å²) in [4.78, 5) is 2.65. The molecule has 212 valence electrons. The zero-order valence-corrected chi connectivity index (χ0v) is 24.7. The Morgan fingerprint density at radius 2 is 1.59 bits per heavy atom. The molecule has 0 heterocycles. The second-order valence-corrected chi connectivity index (χ2v) is 14.3. The third kappa shape index (κ3) is 5.13. The van der Waals surface area contributed by atoms with E-state index in [9.17, 15) is 5.11 Å². The predicted molar refractivity (Wildman–Crippen MR) is 161 cm³/mol. The minimum Gasteiger partial charge on any atom is -0.393 e. The molecular formula is C36H52N2O. The predicted octanol–water partition coefficient (Wildman–Crippen LogP) is 7.30. The molecule has 6 rings (SSSR count). The first kappa shape index (κ1) is 27.5. The molecule has 4 aliphatic carbocycles.